The van der Waals surface area contributed by atoms with Gasteiger partial charge in [-0.05, 0) is 18.2 Å². The number of carbonyl (C=O) groups is 2. The molecule has 1 amide bonds. The predicted molar refractivity (Wildman–Crippen MR) is 60.3 cm³/mol. The molecular formula is C10H11NO3S. The molecule has 0 aromatic heterocycles. The first-order valence-electron chi connectivity index (χ1n) is 4.26. The summed E-state index contributed by atoms with van der Waals surface area (Å²) in [4.78, 5) is 22.2. The van der Waals surface area contributed by atoms with Gasteiger partial charge in [0.2, 0.25) is 5.91 Å². The number of hydrogen-bond acceptors (Lipinski definition) is 4. The van der Waals surface area contributed by atoms with Crippen molar-refractivity contribution in [2.24, 2.45) is 0 Å². The normalized spacial score (nSPS) is 9.47. The summed E-state index contributed by atoms with van der Waals surface area (Å²) in [5.41, 5.74) is 0.950. The van der Waals surface area contributed by atoms with Crippen molar-refractivity contribution < 1.29 is 14.3 Å². The summed E-state index contributed by atoms with van der Waals surface area (Å²) in [5, 5.41) is 2.59. The predicted octanol–water partition coefficient (Wildman–Crippen LogP) is 1.34. The van der Waals surface area contributed by atoms with E-state index in [1.807, 2.05) is 0 Å². The largest absolute Gasteiger partial charge is 0.465 e. The van der Waals surface area contributed by atoms with Crippen molar-refractivity contribution >= 4 is 30.2 Å². The highest BCUT2D eigenvalue weighted by atomic mass is 32.1. The quantitative estimate of drug-likeness (QED) is 0.603. The van der Waals surface area contributed by atoms with E-state index in [4.69, 9.17) is 0 Å². The first-order valence-corrected chi connectivity index (χ1v) is 4.89. The molecule has 80 valence electrons. The average molecular weight is 225 g/mol. The highest BCUT2D eigenvalue weighted by Gasteiger charge is 2.06. The Hall–Kier alpha value is -1.49. The second-order valence-electron chi connectivity index (χ2n) is 2.78. The van der Waals surface area contributed by atoms with Crippen LogP contribution >= 0.6 is 12.6 Å². The fourth-order valence-corrected chi connectivity index (χ4v) is 1.12. The third-order valence-corrected chi connectivity index (χ3v) is 2.00. The number of anilines is 1. The molecule has 0 heterocycles. The zero-order chi connectivity index (χ0) is 11.3. The SMILES string of the molecule is COC(=O)c1cccc(NC(=O)CS)c1. The van der Waals surface area contributed by atoms with Crippen molar-refractivity contribution in [3.05, 3.63) is 29.8 Å². The monoisotopic (exact) mass is 225 g/mol. The van der Waals surface area contributed by atoms with Gasteiger partial charge in [0, 0.05) is 5.69 Å². The number of rotatable bonds is 3. The van der Waals surface area contributed by atoms with Crippen LogP contribution in [0.15, 0.2) is 24.3 Å². The molecule has 0 radical (unpaired) electrons. The molecule has 0 fully saturated rings. The van der Waals surface area contributed by atoms with Gasteiger partial charge in [-0.1, -0.05) is 6.07 Å². The molecule has 1 rings (SSSR count). The smallest absolute Gasteiger partial charge is 0.337 e. The van der Waals surface area contributed by atoms with Crippen LogP contribution in [0.2, 0.25) is 0 Å². The van der Waals surface area contributed by atoms with E-state index in [0.717, 1.165) is 0 Å². The lowest BCUT2D eigenvalue weighted by atomic mass is 10.2. The second kappa shape index (κ2) is 5.41. The minimum Gasteiger partial charge on any atom is -0.465 e. The van der Waals surface area contributed by atoms with Crippen LogP contribution < -0.4 is 5.32 Å². The van der Waals surface area contributed by atoms with Crippen molar-refractivity contribution in [3.63, 3.8) is 0 Å². The lowest BCUT2D eigenvalue weighted by Gasteiger charge is -2.04. The second-order valence-corrected chi connectivity index (χ2v) is 3.09. The Morgan fingerprint density at radius 2 is 2.20 bits per heavy atom. The molecule has 15 heavy (non-hydrogen) atoms. The van der Waals surface area contributed by atoms with Gasteiger partial charge in [-0.3, -0.25) is 4.79 Å². The van der Waals surface area contributed by atoms with Gasteiger partial charge in [-0.15, -0.1) is 0 Å². The van der Waals surface area contributed by atoms with Crippen LogP contribution in [0, 0.1) is 0 Å². The summed E-state index contributed by atoms with van der Waals surface area (Å²) in [7, 11) is 1.31. The Morgan fingerprint density at radius 1 is 1.47 bits per heavy atom. The molecule has 0 aliphatic rings. The van der Waals surface area contributed by atoms with Crippen LogP contribution in [-0.4, -0.2) is 24.7 Å². The number of ether oxygens (including phenoxy) is 1. The molecule has 0 spiro atoms. The lowest BCUT2D eigenvalue weighted by Crippen LogP contribution is -2.13. The Labute approximate surface area is 93.0 Å². The van der Waals surface area contributed by atoms with Gasteiger partial charge in [0.25, 0.3) is 0 Å². The topological polar surface area (TPSA) is 55.4 Å². The molecular weight excluding hydrogens is 214 g/mol. The Morgan fingerprint density at radius 3 is 2.80 bits per heavy atom. The molecule has 0 aliphatic carbocycles. The average Bonchev–Trinajstić information content (AvgIpc) is 2.28. The Bertz CT molecular complexity index is 379. The van der Waals surface area contributed by atoms with Crippen LogP contribution in [0.5, 0.6) is 0 Å². The van der Waals surface area contributed by atoms with E-state index in [9.17, 15) is 9.59 Å². The maximum absolute atomic E-state index is 11.2. The van der Waals surface area contributed by atoms with E-state index in [1.165, 1.54) is 7.11 Å². The first-order chi connectivity index (χ1) is 7.17. The van der Waals surface area contributed by atoms with Crippen molar-refractivity contribution in [2.75, 3.05) is 18.2 Å². The van der Waals surface area contributed by atoms with Crippen LogP contribution in [0.25, 0.3) is 0 Å². The number of carbonyl (C=O) groups excluding carboxylic acids is 2. The van der Waals surface area contributed by atoms with Gasteiger partial charge in [-0.25, -0.2) is 4.79 Å². The van der Waals surface area contributed by atoms with Gasteiger partial charge in [0.1, 0.15) is 0 Å². The zero-order valence-electron chi connectivity index (χ0n) is 8.19. The number of amides is 1. The molecule has 0 atom stereocenters. The summed E-state index contributed by atoms with van der Waals surface area (Å²) >= 11 is 3.83. The van der Waals surface area contributed by atoms with Crippen LogP contribution in [0.1, 0.15) is 10.4 Å². The molecule has 1 N–H and O–H groups in total. The van der Waals surface area contributed by atoms with Gasteiger partial charge in [0.05, 0.1) is 18.4 Å². The van der Waals surface area contributed by atoms with Gasteiger partial charge in [-0.2, -0.15) is 12.6 Å². The van der Waals surface area contributed by atoms with Gasteiger partial charge >= 0.3 is 5.97 Å². The van der Waals surface area contributed by atoms with Gasteiger partial charge < -0.3 is 10.1 Å². The maximum atomic E-state index is 11.2. The highest BCUT2D eigenvalue weighted by Crippen LogP contribution is 2.11. The number of esters is 1. The number of thiol groups is 1. The summed E-state index contributed by atoms with van der Waals surface area (Å²) in [5.74, 6) is -0.556. The van der Waals surface area contributed by atoms with Crippen LogP contribution in [0.4, 0.5) is 5.69 Å². The van der Waals surface area contributed by atoms with E-state index in [1.54, 1.807) is 24.3 Å². The Balaban J connectivity index is 2.83. The molecule has 0 saturated heterocycles. The Kier molecular flexibility index (Phi) is 4.17. The minimum absolute atomic E-state index is 0.0997. The first kappa shape index (κ1) is 11.6. The lowest BCUT2D eigenvalue weighted by molar-refractivity contribution is -0.113. The summed E-state index contributed by atoms with van der Waals surface area (Å²) in [6.45, 7) is 0. The number of benzene rings is 1. The summed E-state index contributed by atoms with van der Waals surface area (Å²) in [6, 6.07) is 6.52. The number of methoxy groups -OCH3 is 1. The third kappa shape index (κ3) is 3.28. The van der Waals surface area contributed by atoms with E-state index in [0.29, 0.717) is 11.3 Å². The summed E-state index contributed by atoms with van der Waals surface area (Å²) < 4.78 is 4.56. The fourth-order valence-electron chi connectivity index (χ4n) is 1.04. The molecule has 0 bridgehead atoms. The van der Waals surface area contributed by atoms with Crippen molar-refractivity contribution in [1.29, 1.82) is 0 Å². The standard InChI is InChI=1S/C10H11NO3S/c1-14-10(13)7-3-2-4-8(5-7)11-9(12)6-15/h2-5,15H,6H2,1H3,(H,11,12). The zero-order valence-corrected chi connectivity index (χ0v) is 9.08. The van der Waals surface area contributed by atoms with E-state index in [-0.39, 0.29) is 11.7 Å². The fraction of sp³-hybridized carbons (Fsp3) is 0.200. The molecule has 0 aliphatic heterocycles. The number of nitrogens with one attached hydrogen (secondary N) is 1. The van der Waals surface area contributed by atoms with E-state index < -0.39 is 5.97 Å². The van der Waals surface area contributed by atoms with E-state index >= 15 is 0 Å². The van der Waals surface area contributed by atoms with Crippen molar-refractivity contribution in [3.8, 4) is 0 Å². The molecule has 4 nitrogen and oxygen atoms in total. The molecule has 1 aromatic rings. The van der Waals surface area contributed by atoms with Crippen molar-refractivity contribution in [1.82, 2.24) is 0 Å². The highest BCUT2D eigenvalue weighted by molar-refractivity contribution is 7.81. The minimum atomic E-state index is -0.433. The maximum Gasteiger partial charge on any atom is 0.337 e. The summed E-state index contributed by atoms with van der Waals surface area (Å²) in [6.07, 6.45) is 0. The molecule has 0 saturated carbocycles. The van der Waals surface area contributed by atoms with E-state index in [2.05, 4.69) is 22.7 Å². The van der Waals surface area contributed by atoms with Crippen molar-refractivity contribution in [2.45, 2.75) is 0 Å². The molecule has 5 heteroatoms. The molecule has 1 aromatic carbocycles. The van der Waals surface area contributed by atoms with Crippen LogP contribution in [-0.2, 0) is 9.53 Å². The third-order valence-electron chi connectivity index (χ3n) is 1.71. The van der Waals surface area contributed by atoms with Crippen LogP contribution in [0.3, 0.4) is 0 Å². The van der Waals surface area contributed by atoms with Gasteiger partial charge in [0.15, 0.2) is 0 Å². The molecule has 0 unspecified atom stereocenters. The number of hydrogen-bond donors (Lipinski definition) is 2.